The van der Waals surface area contributed by atoms with Crippen LogP contribution in [0, 0.1) is 27.7 Å². The molecule has 20 heavy (non-hydrogen) atoms. The molecule has 0 spiro atoms. The predicted molar refractivity (Wildman–Crippen MR) is 83.8 cm³/mol. The molecule has 0 aliphatic heterocycles. The van der Waals surface area contributed by atoms with Gasteiger partial charge in [0, 0.05) is 23.7 Å². The largest absolute Gasteiger partial charge is 0.328 e. The fraction of sp³-hybridized carbons (Fsp3) is 0.412. The number of nitrogens with two attached hydrogens (primary N) is 1. The van der Waals surface area contributed by atoms with Crippen LogP contribution in [0.15, 0.2) is 18.2 Å². The summed E-state index contributed by atoms with van der Waals surface area (Å²) < 4.78 is 0. The minimum atomic E-state index is 0.0739. The summed E-state index contributed by atoms with van der Waals surface area (Å²) in [6, 6.07) is 6.52. The summed E-state index contributed by atoms with van der Waals surface area (Å²) in [6.45, 7) is 10.4. The molecule has 1 aromatic carbocycles. The van der Waals surface area contributed by atoms with Crippen LogP contribution >= 0.6 is 0 Å². The molecule has 1 unspecified atom stereocenters. The van der Waals surface area contributed by atoms with Gasteiger partial charge in [-0.2, -0.15) is 0 Å². The predicted octanol–water partition coefficient (Wildman–Crippen LogP) is 3.27. The molecule has 0 saturated heterocycles. The number of hydrogen-bond donors (Lipinski definition) is 1. The topological polar surface area (TPSA) is 51.8 Å². The molecular formula is C17H23N3. The van der Waals surface area contributed by atoms with Crippen molar-refractivity contribution in [1.29, 1.82) is 0 Å². The molecule has 1 aromatic heterocycles. The molecule has 0 saturated carbocycles. The second kappa shape index (κ2) is 5.71. The molecule has 1 heterocycles. The molecule has 0 bridgehead atoms. The highest BCUT2D eigenvalue weighted by molar-refractivity contribution is 5.68. The van der Waals surface area contributed by atoms with Crippen molar-refractivity contribution in [1.82, 2.24) is 9.97 Å². The Balaban J connectivity index is 2.55. The Morgan fingerprint density at radius 1 is 1.00 bits per heavy atom. The van der Waals surface area contributed by atoms with Crippen LogP contribution in [0.1, 0.15) is 35.1 Å². The van der Waals surface area contributed by atoms with Gasteiger partial charge >= 0.3 is 0 Å². The van der Waals surface area contributed by atoms with Crippen LogP contribution in [0.25, 0.3) is 11.3 Å². The Kier molecular flexibility index (Phi) is 4.19. The van der Waals surface area contributed by atoms with Crippen molar-refractivity contribution in [3.8, 4) is 11.3 Å². The fourth-order valence-electron chi connectivity index (χ4n) is 2.72. The van der Waals surface area contributed by atoms with Crippen molar-refractivity contribution < 1.29 is 0 Å². The number of rotatable bonds is 3. The third-order valence-corrected chi connectivity index (χ3v) is 3.34. The highest BCUT2D eigenvalue weighted by Gasteiger charge is 2.11. The number of aryl methyl sites for hydroxylation is 4. The first-order valence-electron chi connectivity index (χ1n) is 7.05. The Morgan fingerprint density at radius 2 is 1.60 bits per heavy atom. The SMILES string of the molecule is Cc1cc(C)c(-c2cc(C)nc(CC(C)N)n2)c(C)c1. The maximum atomic E-state index is 5.86. The summed E-state index contributed by atoms with van der Waals surface area (Å²) in [5.74, 6) is 0.828. The molecule has 0 aliphatic rings. The molecule has 2 N–H and O–H groups in total. The zero-order chi connectivity index (χ0) is 14.9. The molecule has 3 nitrogen and oxygen atoms in total. The minimum absolute atomic E-state index is 0.0739. The second-order valence-electron chi connectivity index (χ2n) is 5.77. The lowest BCUT2D eigenvalue weighted by molar-refractivity contribution is 0.699. The van der Waals surface area contributed by atoms with E-state index in [1.54, 1.807) is 0 Å². The molecule has 0 fully saturated rings. The normalized spacial score (nSPS) is 12.5. The Hall–Kier alpha value is -1.74. The Morgan fingerprint density at radius 3 is 2.15 bits per heavy atom. The van der Waals surface area contributed by atoms with E-state index in [2.05, 4.69) is 44.0 Å². The third kappa shape index (κ3) is 3.23. The van der Waals surface area contributed by atoms with E-state index in [0.29, 0.717) is 6.42 Å². The van der Waals surface area contributed by atoms with Gasteiger partial charge in [-0.1, -0.05) is 17.7 Å². The van der Waals surface area contributed by atoms with Gasteiger partial charge in [0.2, 0.25) is 0 Å². The zero-order valence-corrected chi connectivity index (χ0v) is 13.0. The van der Waals surface area contributed by atoms with Gasteiger partial charge in [-0.15, -0.1) is 0 Å². The zero-order valence-electron chi connectivity index (χ0n) is 13.0. The lowest BCUT2D eigenvalue weighted by atomic mass is 9.97. The van der Waals surface area contributed by atoms with Crippen LogP contribution in [-0.2, 0) is 6.42 Å². The molecule has 1 atom stereocenters. The first-order chi connectivity index (χ1) is 9.36. The summed E-state index contributed by atoms with van der Waals surface area (Å²) in [7, 11) is 0. The summed E-state index contributed by atoms with van der Waals surface area (Å²) in [6.07, 6.45) is 0.707. The van der Waals surface area contributed by atoms with Gasteiger partial charge in [0.25, 0.3) is 0 Å². The van der Waals surface area contributed by atoms with Crippen LogP contribution in [0.2, 0.25) is 0 Å². The van der Waals surface area contributed by atoms with Crippen molar-refractivity contribution in [3.05, 3.63) is 46.4 Å². The van der Waals surface area contributed by atoms with Crippen molar-refractivity contribution in [3.63, 3.8) is 0 Å². The Labute approximate surface area is 121 Å². The van der Waals surface area contributed by atoms with Gasteiger partial charge in [0.05, 0.1) is 5.69 Å². The average Bonchev–Trinajstić information content (AvgIpc) is 2.25. The number of benzene rings is 1. The number of aromatic nitrogens is 2. The molecule has 3 heteroatoms. The van der Waals surface area contributed by atoms with E-state index in [0.717, 1.165) is 17.2 Å². The lowest BCUT2D eigenvalue weighted by Crippen LogP contribution is -2.19. The van der Waals surface area contributed by atoms with Crippen molar-refractivity contribution in [2.45, 2.75) is 47.1 Å². The molecule has 0 radical (unpaired) electrons. The van der Waals surface area contributed by atoms with Crippen molar-refractivity contribution >= 4 is 0 Å². The monoisotopic (exact) mass is 269 g/mol. The van der Waals surface area contributed by atoms with Gasteiger partial charge in [-0.3, -0.25) is 0 Å². The first-order valence-corrected chi connectivity index (χ1v) is 7.05. The molecule has 0 amide bonds. The van der Waals surface area contributed by atoms with Gasteiger partial charge in [0.15, 0.2) is 0 Å². The first kappa shape index (κ1) is 14.7. The van der Waals surface area contributed by atoms with Crippen molar-refractivity contribution in [2.24, 2.45) is 5.73 Å². The summed E-state index contributed by atoms with van der Waals surface area (Å²) >= 11 is 0. The number of hydrogen-bond acceptors (Lipinski definition) is 3. The molecule has 106 valence electrons. The van der Waals surface area contributed by atoms with Crippen LogP contribution in [0.5, 0.6) is 0 Å². The van der Waals surface area contributed by atoms with Gasteiger partial charge < -0.3 is 5.73 Å². The van der Waals surface area contributed by atoms with Crippen LogP contribution < -0.4 is 5.73 Å². The summed E-state index contributed by atoms with van der Waals surface area (Å²) in [4.78, 5) is 9.19. The molecular weight excluding hydrogens is 246 g/mol. The minimum Gasteiger partial charge on any atom is -0.328 e. The molecule has 2 rings (SSSR count). The Bertz CT molecular complexity index is 607. The second-order valence-corrected chi connectivity index (χ2v) is 5.77. The van der Waals surface area contributed by atoms with Gasteiger partial charge in [-0.05, 0) is 51.8 Å². The van der Waals surface area contributed by atoms with Crippen LogP contribution in [0.3, 0.4) is 0 Å². The fourth-order valence-corrected chi connectivity index (χ4v) is 2.72. The summed E-state index contributed by atoms with van der Waals surface area (Å²) in [5, 5.41) is 0. The van der Waals surface area contributed by atoms with E-state index in [4.69, 9.17) is 10.7 Å². The standard InChI is InChI=1S/C17H23N3/c1-10-6-11(2)17(12(3)7-10)15-9-14(5)19-16(20-15)8-13(4)18/h6-7,9,13H,8,18H2,1-5H3. The van der Waals surface area contributed by atoms with E-state index in [-0.39, 0.29) is 6.04 Å². The molecule has 2 aromatic rings. The maximum Gasteiger partial charge on any atom is 0.130 e. The molecule has 0 aliphatic carbocycles. The lowest BCUT2D eigenvalue weighted by Gasteiger charge is -2.13. The maximum absolute atomic E-state index is 5.86. The van der Waals surface area contributed by atoms with E-state index in [1.807, 2.05) is 13.8 Å². The smallest absolute Gasteiger partial charge is 0.130 e. The highest BCUT2D eigenvalue weighted by atomic mass is 14.9. The quantitative estimate of drug-likeness (QED) is 0.930. The average molecular weight is 269 g/mol. The van der Waals surface area contributed by atoms with Crippen LogP contribution in [0.4, 0.5) is 0 Å². The van der Waals surface area contributed by atoms with E-state index in [1.165, 1.54) is 22.3 Å². The van der Waals surface area contributed by atoms with E-state index in [9.17, 15) is 0 Å². The number of nitrogens with zero attached hydrogens (tertiary/aromatic N) is 2. The summed E-state index contributed by atoms with van der Waals surface area (Å²) in [5.41, 5.74) is 12.9. The van der Waals surface area contributed by atoms with E-state index >= 15 is 0 Å². The van der Waals surface area contributed by atoms with Crippen molar-refractivity contribution in [2.75, 3.05) is 0 Å². The van der Waals surface area contributed by atoms with Gasteiger partial charge in [-0.25, -0.2) is 9.97 Å². The van der Waals surface area contributed by atoms with Crippen LogP contribution in [-0.4, -0.2) is 16.0 Å². The van der Waals surface area contributed by atoms with E-state index < -0.39 is 0 Å². The van der Waals surface area contributed by atoms with Gasteiger partial charge in [0.1, 0.15) is 5.82 Å². The highest BCUT2D eigenvalue weighted by Crippen LogP contribution is 2.27. The third-order valence-electron chi connectivity index (χ3n) is 3.34.